The maximum Gasteiger partial charge on any atom is 0.243 e. The molecule has 0 bridgehead atoms. The minimum absolute atomic E-state index is 0.0246. The van der Waals surface area contributed by atoms with Crippen LogP contribution in [0, 0.1) is 19.8 Å². The highest BCUT2D eigenvalue weighted by atomic mass is 16.2. The van der Waals surface area contributed by atoms with Crippen molar-refractivity contribution in [3.05, 3.63) is 23.5 Å². The first-order valence-corrected chi connectivity index (χ1v) is 8.29. The lowest BCUT2D eigenvalue weighted by Crippen LogP contribution is -2.48. The molecular formula is C16H25N7O. The van der Waals surface area contributed by atoms with E-state index >= 15 is 0 Å². The molecule has 0 fully saturated rings. The minimum Gasteiger partial charge on any atom is -0.322 e. The number of likely N-dealkylation sites (N-methyl/N-ethyl adjacent to an activating group) is 1. The van der Waals surface area contributed by atoms with Crippen LogP contribution in [-0.2, 0) is 24.4 Å². The van der Waals surface area contributed by atoms with Gasteiger partial charge in [-0.25, -0.2) is 0 Å². The van der Waals surface area contributed by atoms with E-state index in [-0.39, 0.29) is 11.9 Å². The van der Waals surface area contributed by atoms with Crippen LogP contribution in [0.25, 0.3) is 0 Å². The average Bonchev–Trinajstić information content (AvgIpc) is 3.03. The average molecular weight is 331 g/mol. The van der Waals surface area contributed by atoms with Crippen LogP contribution < -0.4 is 5.32 Å². The van der Waals surface area contributed by atoms with Gasteiger partial charge in [-0.3, -0.25) is 14.4 Å². The van der Waals surface area contributed by atoms with Crippen LogP contribution in [-0.4, -0.2) is 48.4 Å². The summed E-state index contributed by atoms with van der Waals surface area (Å²) < 4.78 is 3.95. The van der Waals surface area contributed by atoms with Crippen molar-refractivity contribution in [2.24, 2.45) is 5.92 Å². The highest BCUT2D eigenvalue weighted by Crippen LogP contribution is 2.19. The van der Waals surface area contributed by atoms with Crippen molar-refractivity contribution in [2.75, 3.05) is 12.4 Å². The number of carbonyl (C=O) groups is 1. The third-order valence-corrected chi connectivity index (χ3v) is 4.49. The zero-order valence-electron chi connectivity index (χ0n) is 14.9. The molecule has 130 valence electrons. The summed E-state index contributed by atoms with van der Waals surface area (Å²) in [4.78, 5) is 14.8. The summed E-state index contributed by atoms with van der Waals surface area (Å²) >= 11 is 0. The molecule has 2 aromatic rings. The summed E-state index contributed by atoms with van der Waals surface area (Å²) in [5, 5.41) is 15.7. The fraction of sp³-hybridized carbons (Fsp3) is 0.625. The molecule has 1 unspecified atom stereocenters. The molecule has 3 rings (SSSR count). The molecule has 3 heterocycles. The summed E-state index contributed by atoms with van der Waals surface area (Å²) in [5.41, 5.74) is 1.76. The van der Waals surface area contributed by atoms with Gasteiger partial charge in [0.2, 0.25) is 5.91 Å². The topological polar surface area (TPSA) is 80.9 Å². The Labute approximate surface area is 141 Å². The SMILES string of the molecule is Cc1c(NC(=O)C2Cn3c(C)nnc3CN2C)cnn1CC(C)C. The fourth-order valence-corrected chi connectivity index (χ4v) is 3.02. The van der Waals surface area contributed by atoms with Gasteiger partial charge < -0.3 is 9.88 Å². The Kier molecular flexibility index (Phi) is 4.40. The van der Waals surface area contributed by atoms with Crippen molar-refractivity contribution in [1.29, 1.82) is 0 Å². The Morgan fingerprint density at radius 1 is 1.38 bits per heavy atom. The molecular weight excluding hydrogens is 306 g/mol. The molecule has 8 heteroatoms. The molecule has 1 atom stereocenters. The molecule has 0 radical (unpaired) electrons. The Morgan fingerprint density at radius 2 is 2.12 bits per heavy atom. The van der Waals surface area contributed by atoms with Gasteiger partial charge in [-0.05, 0) is 26.8 Å². The van der Waals surface area contributed by atoms with Crippen LogP contribution in [0.15, 0.2) is 6.20 Å². The summed E-state index contributed by atoms with van der Waals surface area (Å²) in [7, 11) is 1.94. The second-order valence-electron chi connectivity index (χ2n) is 6.91. The molecule has 1 aliphatic heterocycles. The fourth-order valence-electron chi connectivity index (χ4n) is 3.02. The zero-order valence-corrected chi connectivity index (χ0v) is 14.9. The van der Waals surface area contributed by atoms with Crippen molar-refractivity contribution in [2.45, 2.75) is 53.4 Å². The maximum absolute atomic E-state index is 12.8. The van der Waals surface area contributed by atoms with Gasteiger partial charge in [-0.15, -0.1) is 10.2 Å². The van der Waals surface area contributed by atoms with Crippen molar-refractivity contribution in [3.63, 3.8) is 0 Å². The number of nitrogens with one attached hydrogen (secondary N) is 1. The number of aromatic nitrogens is 5. The number of rotatable bonds is 4. The predicted molar refractivity (Wildman–Crippen MR) is 90.4 cm³/mol. The van der Waals surface area contributed by atoms with Crippen LogP contribution in [0.1, 0.15) is 31.2 Å². The Hall–Kier alpha value is -2.22. The van der Waals surface area contributed by atoms with E-state index < -0.39 is 0 Å². The van der Waals surface area contributed by atoms with E-state index in [1.807, 2.05) is 35.0 Å². The quantitative estimate of drug-likeness (QED) is 0.910. The standard InChI is InChI=1S/C16H25N7O/c1-10(2)7-23-11(3)13(6-17-23)18-16(24)14-8-22-12(4)19-20-15(22)9-21(14)5/h6,10,14H,7-9H2,1-5H3,(H,18,24). The van der Waals surface area contributed by atoms with Crippen LogP contribution in [0.5, 0.6) is 0 Å². The highest BCUT2D eigenvalue weighted by Gasteiger charge is 2.31. The summed E-state index contributed by atoms with van der Waals surface area (Å²) in [6, 6.07) is -0.250. The molecule has 0 saturated carbocycles. The number of anilines is 1. The normalized spacial score (nSPS) is 18.0. The predicted octanol–water partition coefficient (Wildman–Crippen LogP) is 1.20. The van der Waals surface area contributed by atoms with Gasteiger partial charge in [-0.1, -0.05) is 13.8 Å². The van der Waals surface area contributed by atoms with Crippen molar-refractivity contribution >= 4 is 11.6 Å². The number of hydrogen-bond acceptors (Lipinski definition) is 5. The number of carbonyl (C=O) groups excluding carboxylic acids is 1. The van der Waals surface area contributed by atoms with E-state index in [0.29, 0.717) is 19.0 Å². The number of hydrogen-bond donors (Lipinski definition) is 1. The summed E-state index contributed by atoms with van der Waals surface area (Å²) in [5.74, 6) is 2.23. The van der Waals surface area contributed by atoms with Gasteiger partial charge in [0.05, 0.1) is 30.7 Å². The largest absolute Gasteiger partial charge is 0.322 e. The Morgan fingerprint density at radius 3 is 2.83 bits per heavy atom. The van der Waals surface area contributed by atoms with E-state index in [1.165, 1.54) is 0 Å². The molecule has 0 aromatic carbocycles. The molecule has 1 amide bonds. The Bertz CT molecular complexity index is 746. The summed E-state index contributed by atoms with van der Waals surface area (Å²) in [6.45, 7) is 10.2. The van der Waals surface area contributed by atoms with Gasteiger partial charge in [-0.2, -0.15) is 5.10 Å². The number of fused-ring (bicyclic) bond motifs is 1. The number of aryl methyl sites for hydroxylation is 1. The lowest BCUT2D eigenvalue weighted by molar-refractivity contribution is -0.122. The number of nitrogens with zero attached hydrogens (tertiary/aromatic N) is 6. The zero-order chi connectivity index (χ0) is 17.4. The molecule has 8 nitrogen and oxygen atoms in total. The second-order valence-corrected chi connectivity index (χ2v) is 6.91. The molecule has 2 aromatic heterocycles. The van der Waals surface area contributed by atoms with E-state index in [4.69, 9.17) is 0 Å². The van der Waals surface area contributed by atoms with Crippen molar-refractivity contribution in [1.82, 2.24) is 29.4 Å². The Balaban J connectivity index is 1.74. The molecule has 24 heavy (non-hydrogen) atoms. The van der Waals surface area contributed by atoms with Crippen molar-refractivity contribution in [3.8, 4) is 0 Å². The van der Waals surface area contributed by atoms with Gasteiger partial charge in [0.25, 0.3) is 0 Å². The first kappa shape index (κ1) is 16.6. The van der Waals surface area contributed by atoms with E-state index in [1.54, 1.807) is 6.20 Å². The first-order valence-electron chi connectivity index (χ1n) is 8.29. The third kappa shape index (κ3) is 3.06. The molecule has 0 saturated heterocycles. The van der Waals surface area contributed by atoms with E-state index in [9.17, 15) is 4.79 Å². The smallest absolute Gasteiger partial charge is 0.243 e. The molecule has 0 spiro atoms. The van der Waals surface area contributed by atoms with Crippen molar-refractivity contribution < 1.29 is 4.79 Å². The van der Waals surface area contributed by atoms with Crippen LogP contribution >= 0.6 is 0 Å². The number of amides is 1. The molecule has 1 aliphatic rings. The van der Waals surface area contributed by atoms with Crippen LogP contribution in [0.4, 0.5) is 5.69 Å². The first-order chi connectivity index (χ1) is 11.4. The lowest BCUT2D eigenvalue weighted by atomic mass is 10.1. The maximum atomic E-state index is 12.8. The van der Waals surface area contributed by atoms with Crippen LogP contribution in [0.2, 0.25) is 0 Å². The van der Waals surface area contributed by atoms with Gasteiger partial charge in [0.1, 0.15) is 17.7 Å². The van der Waals surface area contributed by atoms with E-state index in [2.05, 4.69) is 34.5 Å². The van der Waals surface area contributed by atoms with Gasteiger partial charge in [0, 0.05) is 6.54 Å². The summed E-state index contributed by atoms with van der Waals surface area (Å²) in [6.07, 6.45) is 1.73. The minimum atomic E-state index is -0.250. The lowest BCUT2D eigenvalue weighted by Gasteiger charge is -2.32. The van der Waals surface area contributed by atoms with Crippen LogP contribution in [0.3, 0.4) is 0 Å². The van der Waals surface area contributed by atoms with E-state index in [0.717, 1.165) is 29.6 Å². The monoisotopic (exact) mass is 331 g/mol. The highest BCUT2D eigenvalue weighted by molar-refractivity contribution is 5.95. The molecule has 1 N–H and O–H groups in total. The molecule has 0 aliphatic carbocycles. The second kappa shape index (κ2) is 6.35. The third-order valence-electron chi connectivity index (χ3n) is 4.49. The van der Waals surface area contributed by atoms with Gasteiger partial charge in [0.15, 0.2) is 0 Å². The van der Waals surface area contributed by atoms with Gasteiger partial charge >= 0.3 is 0 Å².